The van der Waals surface area contributed by atoms with Crippen molar-refractivity contribution < 1.29 is 18.8 Å². The van der Waals surface area contributed by atoms with Crippen LogP contribution < -0.4 is 4.90 Å². The molecule has 4 rings (SSSR count). The number of aryl methyl sites for hydroxylation is 2. The molecule has 7 nitrogen and oxygen atoms in total. The normalized spacial score (nSPS) is 19.4. The molecule has 2 aromatic heterocycles. The zero-order chi connectivity index (χ0) is 20.4. The van der Waals surface area contributed by atoms with Crippen molar-refractivity contribution in [3.05, 3.63) is 63.9 Å². The topological polar surface area (TPSA) is 85.5 Å². The van der Waals surface area contributed by atoms with Gasteiger partial charge >= 0.3 is 5.97 Å². The summed E-state index contributed by atoms with van der Waals surface area (Å²) in [4.78, 5) is 32.6. The van der Waals surface area contributed by atoms with E-state index in [2.05, 4.69) is 10.1 Å². The predicted octanol–water partition coefficient (Wildman–Crippen LogP) is 3.98. The first kappa shape index (κ1) is 19.3. The number of aromatic nitrogens is 2. The standard InChI is InChI=1S/C21H21N3O4S/c1-13-5-7-15(8-6-13)24-19(25)10-9-16(20(24)17-4-3-11-29-17)21(26)27-12-18-22-14(2)28-23-18/h3-8,11,16,20H,9-10,12H2,1-2H3. The number of hydrogen-bond acceptors (Lipinski definition) is 7. The highest BCUT2D eigenvalue weighted by Crippen LogP contribution is 2.42. The average molecular weight is 411 g/mol. The first-order chi connectivity index (χ1) is 14.0. The van der Waals surface area contributed by atoms with E-state index >= 15 is 0 Å². The van der Waals surface area contributed by atoms with Gasteiger partial charge in [-0.1, -0.05) is 28.9 Å². The Hall–Kier alpha value is -3.00. The lowest BCUT2D eigenvalue weighted by Crippen LogP contribution is -2.45. The van der Waals surface area contributed by atoms with Crippen LogP contribution >= 0.6 is 11.3 Å². The maximum absolute atomic E-state index is 13.0. The van der Waals surface area contributed by atoms with Crippen LogP contribution in [0, 0.1) is 19.8 Å². The molecular weight excluding hydrogens is 390 g/mol. The van der Waals surface area contributed by atoms with Crippen molar-refractivity contribution in [3.8, 4) is 0 Å². The molecule has 1 aromatic carbocycles. The molecule has 0 spiro atoms. The molecule has 1 amide bonds. The Balaban J connectivity index is 1.62. The molecule has 1 aliphatic rings. The highest BCUT2D eigenvalue weighted by atomic mass is 32.1. The Bertz CT molecular complexity index is 997. The average Bonchev–Trinajstić information content (AvgIpc) is 3.38. The van der Waals surface area contributed by atoms with Gasteiger partial charge in [0.1, 0.15) is 0 Å². The van der Waals surface area contributed by atoms with Crippen LogP contribution in [0.3, 0.4) is 0 Å². The molecule has 0 radical (unpaired) electrons. The zero-order valence-electron chi connectivity index (χ0n) is 16.2. The summed E-state index contributed by atoms with van der Waals surface area (Å²) in [7, 11) is 0. The number of piperidine rings is 1. The van der Waals surface area contributed by atoms with Crippen LogP contribution in [-0.4, -0.2) is 22.0 Å². The number of carbonyl (C=O) groups excluding carboxylic acids is 2. The summed E-state index contributed by atoms with van der Waals surface area (Å²) in [6.45, 7) is 3.62. The van der Waals surface area contributed by atoms with Gasteiger partial charge in [-0.2, -0.15) is 4.98 Å². The number of nitrogens with zero attached hydrogens (tertiary/aromatic N) is 3. The number of thiophene rings is 1. The van der Waals surface area contributed by atoms with Crippen LogP contribution in [0.2, 0.25) is 0 Å². The Morgan fingerprint density at radius 2 is 2.07 bits per heavy atom. The van der Waals surface area contributed by atoms with Gasteiger partial charge in [0.25, 0.3) is 0 Å². The fraction of sp³-hybridized carbons (Fsp3) is 0.333. The third kappa shape index (κ3) is 4.07. The van der Waals surface area contributed by atoms with Gasteiger partial charge in [0.2, 0.25) is 17.6 Å². The lowest BCUT2D eigenvalue weighted by molar-refractivity contribution is -0.152. The molecule has 0 bridgehead atoms. The van der Waals surface area contributed by atoms with Crippen molar-refractivity contribution in [2.45, 2.75) is 39.3 Å². The smallest absolute Gasteiger partial charge is 0.311 e. The minimum Gasteiger partial charge on any atom is -0.457 e. The summed E-state index contributed by atoms with van der Waals surface area (Å²) in [6.07, 6.45) is 0.727. The number of esters is 1. The van der Waals surface area contributed by atoms with Crippen molar-refractivity contribution >= 4 is 28.9 Å². The third-order valence-electron chi connectivity index (χ3n) is 4.96. The molecule has 1 fully saturated rings. The van der Waals surface area contributed by atoms with Crippen molar-refractivity contribution in [1.29, 1.82) is 0 Å². The summed E-state index contributed by atoms with van der Waals surface area (Å²) in [6, 6.07) is 11.3. The van der Waals surface area contributed by atoms with Crippen LogP contribution in [0.4, 0.5) is 5.69 Å². The lowest BCUT2D eigenvalue weighted by atomic mass is 9.87. The van der Waals surface area contributed by atoms with E-state index in [1.54, 1.807) is 11.8 Å². The molecule has 1 aliphatic heterocycles. The number of anilines is 1. The van der Waals surface area contributed by atoms with Gasteiger partial charge in [0.15, 0.2) is 6.61 Å². The predicted molar refractivity (Wildman–Crippen MR) is 107 cm³/mol. The van der Waals surface area contributed by atoms with Crippen LogP contribution in [-0.2, 0) is 20.9 Å². The molecule has 0 aliphatic carbocycles. The maximum atomic E-state index is 13.0. The van der Waals surface area contributed by atoms with Crippen LogP contribution in [0.25, 0.3) is 0 Å². The second kappa shape index (κ2) is 8.16. The molecule has 0 saturated carbocycles. The van der Waals surface area contributed by atoms with Gasteiger partial charge in [-0.3, -0.25) is 9.59 Å². The minimum absolute atomic E-state index is 0.00472. The number of ether oxygens (including phenoxy) is 1. The van der Waals surface area contributed by atoms with E-state index in [1.807, 2.05) is 48.7 Å². The van der Waals surface area contributed by atoms with Gasteiger partial charge in [0, 0.05) is 23.9 Å². The van der Waals surface area contributed by atoms with E-state index in [-0.39, 0.29) is 24.9 Å². The van der Waals surface area contributed by atoms with E-state index in [1.165, 1.54) is 11.3 Å². The number of rotatable bonds is 5. The Labute approximate surface area is 172 Å². The molecule has 2 atom stereocenters. The van der Waals surface area contributed by atoms with Gasteiger partial charge < -0.3 is 14.2 Å². The number of benzene rings is 1. The first-order valence-electron chi connectivity index (χ1n) is 9.41. The highest BCUT2D eigenvalue weighted by molar-refractivity contribution is 7.10. The Kier molecular flexibility index (Phi) is 5.44. The summed E-state index contributed by atoms with van der Waals surface area (Å²) >= 11 is 1.53. The van der Waals surface area contributed by atoms with Gasteiger partial charge in [-0.15, -0.1) is 11.3 Å². The van der Waals surface area contributed by atoms with Gasteiger partial charge in [-0.25, -0.2) is 0 Å². The zero-order valence-corrected chi connectivity index (χ0v) is 17.0. The molecule has 8 heteroatoms. The van der Waals surface area contributed by atoms with Gasteiger partial charge in [-0.05, 0) is 36.9 Å². The molecule has 29 heavy (non-hydrogen) atoms. The van der Waals surface area contributed by atoms with E-state index < -0.39 is 12.0 Å². The van der Waals surface area contributed by atoms with E-state index in [4.69, 9.17) is 9.26 Å². The molecule has 150 valence electrons. The second-order valence-corrected chi connectivity index (χ2v) is 8.02. The van der Waals surface area contributed by atoms with Crippen LogP contribution in [0.1, 0.15) is 41.0 Å². The molecule has 2 unspecified atom stereocenters. The SMILES string of the molecule is Cc1ccc(N2C(=O)CCC(C(=O)OCc3noc(C)n3)C2c2cccs2)cc1. The summed E-state index contributed by atoms with van der Waals surface area (Å²) in [5.41, 5.74) is 1.89. The highest BCUT2D eigenvalue weighted by Gasteiger charge is 2.42. The maximum Gasteiger partial charge on any atom is 0.311 e. The summed E-state index contributed by atoms with van der Waals surface area (Å²) < 4.78 is 10.4. The minimum atomic E-state index is -0.472. The summed E-state index contributed by atoms with van der Waals surface area (Å²) in [5, 5.41) is 5.71. The number of hydrogen-bond donors (Lipinski definition) is 0. The summed E-state index contributed by atoms with van der Waals surface area (Å²) in [5.74, 6) is -0.0895. The number of amides is 1. The van der Waals surface area contributed by atoms with E-state index in [9.17, 15) is 9.59 Å². The molecule has 0 N–H and O–H groups in total. The van der Waals surface area contributed by atoms with Crippen LogP contribution in [0.5, 0.6) is 0 Å². The fourth-order valence-electron chi connectivity index (χ4n) is 3.58. The van der Waals surface area contributed by atoms with Gasteiger partial charge in [0.05, 0.1) is 12.0 Å². The van der Waals surface area contributed by atoms with Crippen molar-refractivity contribution in [3.63, 3.8) is 0 Å². The monoisotopic (exact) mass is 411 g/mol. The quantitative estimate of drug-likeness (QED) is 0.591. The van der Waals surface area contributed by atoms with E-state index in [0.717, 1.165) is 16.1 Å². The van der Waals surface area contributed by atoms with Crippen LogP contribution in [0.15, 0.2) is 46.3 Å². The molecule has 3 heterocycles. The first-order valence-corrected chi connectivity index (χ1v) is 10.3. The Morgan fingerprint density at radius 3 is 2.72 bits per heavy atom. The third-order valence-corrected chi connectivity index (χ3v) is 5.90. The van der Waals surface area contributed by atoms with Crippen molar-refractivity contribution in [2.75, 3.05) is 4.90 Å². The molecule has 1 saturated heterocycles. The van der Waals surface area contributed by atoms with Crippen molar-refractivity contribution in [2.24, 2.45) is 5.92 Å². The van der Waals surface area contributed by atoms with E-state index in [0.29, 0.717) is 18.1 Å². The molecule has 3 aromatic rings. The molecular formula is C21H21N3O4S. The van der Waals surface area contributed by atoms with Crippen molar-refractivity contribution in [1.82, 2.24) is 10.1 Å². The fourth-order valence-corrected chi connectivity index (χ4v) is 4.46. The largest absolute Gasteiger partial charge is 0.457 e. The second-order valence-electron chi connectivity index (χ2n) is 7.04. The number of carbonyl (C=O) groups is 2. The lowest BCUT2D eigenvalue weighted by Gasteiger charge is -2.39. The Morgan fingerprint density at radius 1 is 1.28 bits per heavy atom.